The van der Waals surface area contributed by atoms with Crippen molar-refractivity contribution in [3.8, 4) is 0 Å². The van der Waals surface area contributed by atoms with E-state index in [9.17, 15) is 13.2 Å². The van der Waals surface area contributed by atoms with Gasteiger partial charge in [-0.15, -0.1) is 0 Å². The van der Waals surface area contributed by atoms with Crippen LogP contribution in [-0.2, 0) is 19.6 Å². The predicted octanol–water partition coefficient (Wildman–Crippen LogP) is 0.312. The van der Waals surface area contributed by atoms with Gasteiger partial charge in [0.2, 0.25) is 10.0 Å². The lowest BCUT2D eigenvalue weighted by molar-refractivity contribution is -0.885. The van der Waals surface area contributed by atoms with Crippen LogP contribution >= 0.6 is 11.7 Å². The summed E-state index contributed by atoms with van der Waals surface area (Å²) in [6.45, 7) is 2.67. The summed E-state index contributed by atoms with van der Waals surface area (Å²) in [7, 11) is -1.51. The second kappa shape index (κ2) is 8.02. The number of nitrogens with zero attached hydrogens (tertiary/aromatic N) is 3. The van der Waals surface area contributed by atoms with Gasteiger partial charge in [0.05, 0.1) is 37.8 Å². The molecule has 0 atom stereocenters. The Kier molecular flexibility index (Phi) is 5.64. The molecule has 0 spiro atoms. The SMILES string of the molecule is C[NH+]1CCC(OC(=O)C2CCN(S(=O)(=O)c3cccc4nsnc34)CC2)CC1. The molecule has 0 aliphatic carbocycles. The van der Waals surface area contributed by atoms with Gasteiger partial charge in [0, 0.05) is 25.9 Å². The zero-order chi connectivity index (χ0) is 19.7. The molecule has 0 radical (unpaired) electrons. The van der Waals surface area contributed by atoms with E-state index in [0.29, 0.717) is 37.0 Å². The van der Waals surface area contributed by atoms with Crippen molar-refractivity contribution in [2.24, 2.45) is 5.92 Å². The van der Waals surface area contributed by atoms with Gasteiger partial charge in [-0.2, -0.15) is 13.1 Å². The first-order valence-electron chi connectivity index (χ1n) is 9.68. The predicted molar refractivity (Wildman–Crippen MR) is 105 cm³/mol. The fourth-order valence-electron chi connectivity index (χ4n) is 3.92. The van der Waals surface area contributed by atoms with Crippen LogP contribution in [0.2, 0.25) is 0 Å². The van der Waals surface area contributed by atoms with Gasteiger partial charge in [0.15, 0.2) is 0 Å². The second-order valence-electron chi connectivity index (χ2n) is 7.66. The van der Waals surface area contributed by atoms with E-state index >= 15 is 0 Å². The highest BCUT2D eigenvalue weighted by molar-refractivity contribution is 7.89. The Hall–Kier alpha value is -1.62. The van der Waals surface area contributed by atoms with E-state index in [4.69, 9.17) is 4.74 Å². The van der Waals surface area contributed by atoms with Gasteiger partial charge >= 0.3 is 5.97 Å². The summed E-state index contributed by atoms with van der Waals surface area (Å²) in [5.74, 6) is -0.400. The number of quaternary nitrogens is 1. The number of sulfonamides is 1. The van der Waals surface area contributed by atoms with Crippen molar-refractivity contribution in [3.05, 3.63) is 18.2 Å². The molecule has 2 aliphatic rings. The number of rotatable bonds is 4. The fraction of sp³-hybridized carbons (Fsp3) is 0.611. The lowest BCUT2D eigenvalue weighted by atomic mass is 9.98. The normalized spacial score (nSPS) is 25.0. The first-order valence-corrected chi connectivity index (χ1v) is 11.9. The summed E-state index contributed by atoms with van der Waals surface area (Å²) < 4.78 is 41.5. The van der Waals surface area contributed by atoms with Crippen molar-refractivity contribution in [2.45, 2.75) is 36.7 Å². The van der Waals surface area contributed by atoms with Gasteiger partial charge in [0.1, 0.15) is 22.0 Å². The number of benzene rings is 1. The quantitative estimate of drug-likeness (QED) is 0.709. The standard InChI is InChI=1S/C18H24N4O4S2/c1-21-9-7-14(8-10-21)26-18(23)13-5-11-22(12-6-13)28(24,25)16-4-2-3-15-17(16)20-27-19-15/h2-4,13-14H,5-12H2,1H3/p+1. The average Bonchev–Trinajstić information content (AvgIpc) is 3.18. The van der Waals surface area contributed by atoms with Gasteiger partial charge in [0.25, 0.3) is 0 Å². The van der Waals surface area contributed by atoms with Gasteiger partial charge in [-0.1, -0.05) is 6.07 Å². The molecular weight excluding hydrogens is 400 g/mol. The van der Waals surface area contributed by atoms with Crippen LogP contribution in [0.15, 0.2) is 23.1 Å². The van der Waals surface area contributed by atoms with Crippen LogP contribution < -0.4 is 4.90 Å². The lowest BCUT2D eigenvalue weighted by Gasteiger charge is -2.32. The van der Waals surface area contributed by atoms with Crippen LogP contribution in [0.1, 0.15) is 25.7 Å². The highest BCUT2D eigenvalue weighted by Gasteiger charge is 2.35. The highest BCUT2D eigenvalue weighted by atomic mass is 32.2. The minimum absolute atomic E-state index is 0.00716. The maximum absolute atomic E-state index is 13.1. The van der Waals surface area contributed by atoms with Gasteiger partial charge in [-0.3, -0.25) is 4.79 Å². The summed E-state index contributed by atoms with van der Waals surface area (Å²) in [6.07, 6.45) is 2.78. The number of ether oxygens (including phenoxy) is 1. The van der Waals surface area contributed by atoms with E-state index in [0.717, 1.165) is 37.7 Å². The molecule has 2 aliphatic heterocycles. The van der Waals surface area contributed by atoms with Gasteiger partial charge < -0.3 is 9.64 Å². The minimum atomic E-state index is -3.66. The molecule has 3 heterocycles. The molecule has 0 amide bonds. The Labute approximate surface area is 168 Å². The summed E-state index contributed by atoms with van der Waals surface area (Å²) in [5.41, 5.74) is 1.00. The van der Waals surface area contributed by atoms with E-state index in [1.54, 1.807) is 18.2 Å². The Morgan fingerprint density at radius 1 is 1.18 bits per heavy atom. The molecule has 10 heteroatoms. The van der Waals surface area contributed by atoms with Crippen molar-refractivity contribution < 1.29 is 22.8 Å². The molecule has 0 bridgehead atoms. The smallest absolute Gasteiger partial charge is 0.309 e. The molecule has 8 nitrogen and oxygen atoms in total. The molecule has 28 heavy (non-hydrogen) atoms. The Morgan fingerprint density at radius 3 is 2.61 bits per heavy atom. The molecule has 0 unspecified atom stereocenters. The number of aromatic nitrogens is 2. The largest absolute Gasteiger partial charge is 0.462 e. The van der Waals surface area contributed by atoms with Gasteiger partial charge in [-0.05, 0) is 25.0 Å². The third-order valence-electron chi connectivity index (χ3n) is 5.72. The van der Waals surface area contributed by atoms with Crippen molar-refractivity contribution in [1.82, 2.24) is 13.1 Å². The summed E-state index contributed by atoms with van der Waals surface area (Å²) in [5, 5.41) is 0. The number of carbonyl (C=O) groups is 1. The maximum atomic E-state index is 13.1. The van der Waals surface area contributed by atoms with Crippen molar-refractivity contribution in [3.63, 3.8) is 0 Å². The molecule has 1 aromatic carbocycles. The number of piperidine rings is 2. The molecule has 1 N–H and O–H groups in total. The van der Waals surface area contributed by atoms with E-state index in [1.165, 1.54) is 9.21 Å². The Bertz CT molecular complexity index is 945. The first kappa shape index (κ1) is 19.7. The topological polar surface area (TPSA) is 93.9 Å². The highest BCUT2D eigenvalue weighted by Crippen LogP contribution is 2.28. The van der Waals surface area contributed by atoms with E-state index < -0.39 is 10.0 Å². The van der Waals surface area contributed by atoms with E-state index in [1.807, 2.05) is 0 Å². The van der Waals surface area contributed by atoms with Gasteiger partial charge in [-0.25, -0.2) is 8.42 Å². The third kappa shape index (κ3) is 3.91. The first-order chi connectivity index (χ1) is 13.4. The van der Waals surface area contributed by atoms with Crippen LogP contribution in [0.4, 0.5) is 0 Å². The molecule has 2 fully saturated rings. The van der Waals surface area contributed by atoms with Crippen LogP contribution in [0.5, 0.6) is 0 Å². The molecular formula is C18H25N4O4S2+. The number of likely N-dealkylation sites (tertiary alicyclic amines) is 1. The molecule has 2 aromatic rings. The third-order valence-corrected chi connectivity index (χ3v) is 8.20. The maximum Gasteiger partial charge on any atom is 0.309 e. The van der Waals surface area contributed by atoms with Crippen molar-refractivity contribution in [1.29, 1.82) is 0 Å². The zero-order valence-electron chi connectivity index (χ0n) is 15.8. The second-order valence-corrected chi connectivity index (χ2v) is 10.1. The number of carbonyl (C=O) groups excluding carboxylic acids is 1. The monoisotopic (exact) mass is 425 g/mol. The fourth-order valence-corrected chi connectivity index (χ4v) is 6.15. The minimum Gasteiger partial charge on any atom is -0.462 e. The van der Waals surface area contributed by atoms with E-state index in [2.05, 4.69) is 15.8 Å². The molecule has 1 aromatic heterocycles. The number of fused-ring (bicyclic) bond motifs is 1. The van der Waals surface area contributed by atoms with Crippen molar-refractivity contribution >= 4 is 38.8 Å². The number of esters is 1. The molecule has 0 saturated carbocycles. The summed E-state index contributed by atoms with van der Waals surface area (Å²) in [6, 6.07) is 5.01. The molecule has 152 valence electrons. The van der Waals surface area contributed by atoms with Crippen LogP contribution in [0.3, 0.4) is 0 Å². The van der Waals surface area contributed by atoms with Crippen LogP contribution in [0, 0.1) is 5.92 Å². The summed E-state index contributed by atoms with van der Waals surface area (Å²) >= 11 is 1.00. The average molecular weight is 426 g/mol. The number of hydrogen-bond acceptors (Lipinski definition) is 7. The number of hydrogen-bond donors (Lipinski definition) is 1. The molecule has 4 rings (SSSR count). The van der Waals surface area contributed by atoms with Crippen molar-refractivity contribution in [2.75, 3.05) is 33.2 Å². The lowest BCUT2D eigenvalue weighted by Crippen LogP contribution is -3.10. The van der Waals surface area contributed by atoms with Crippen LogP contribution in [0.25, 0.3) is 11.0 Å². The Balaban J connectivity index is 1.38. The van der Waals surface area contributed by atoms with Crippen LogP contribution in [-0.4, -0.2) is 66.8 Å². The number of nitrogens with one attached hydrogen (secondary N) is 1. The summed E-state index contributed by atoms with van der Waals surface area (Å²) in [4.78, 5) is 14.2. The zero-order valence-corrected chi connectivity index (χ0v) is 17.5. The Morgan fingerprint density at radius 2 is 1.89 bits per heavy atom. The molecule has 2 saturated heterocycles. The van der Waals surface area contributed by atoms with E-state index in [-0.39, 0.29) is 22.9 Å².